The van der Waals surface area contributed by atoms with Gasteiger partial charge < -0.3 is 10.6 Å². The SMILES string of the molecule is CC1CC(C2SC=CN2C)CC1N. The fourth-order valence-corrected chi connectivity index (χ4v) is 3.53. The molecule has 0 aromatic carbocycles. The van der Waals surface area contributed by atoms with Crippen LogP contribution in [0.4, 0.5) is 0 Å². The highest BCUT2D eigenvalue weighted by atomic mass is 32.2. The molecule has 74 valence electrons. The van der Waals surface area contributed by atoms with E-state index in [1.165, 1.54) is 12.8 Å². The van der Waals surface area contributed by atoms with Crippen molar-refractivity contribution in [3.63, 3.8) is 0 Å². The minimum Gasteiger partial charge on any atom is -0.367 e. The van der Waals surface area contributed by atoms with Crippen LogP contribution in [-0.4, -0.2) is 23.4 Å². The van der Waals surface area contributed by atoms with E-state index in [1.807, 2.05) is 11.8 Å². The van der Waals surface area contributed by atoms with Gasteiger partial charge in [0.2, 0.25) is 0 Å². The van der Waals surface area contributed by atoms with Crippen molar-refractivity contribution in [1.29, 1.82) is 0 Å². The van der Waals surface area contributed by atoms with E-state index in [9.17, 15) is 0 Å². The first-order valence-electron chi connectivity index (χ1n) is 4.98. The third-order valence-electron chi connectivity index (χ3n) is 3.30. The predicted molar refractivity (Wildman–Crippen MR) is 58.1 cm³/mol. The predicted octanol–water partition coefficient (Wildman–Crippen LogP) is 1.84. The van der Waals surface area contributed by atoms with Gasteiger partial charge in [0, 0.05) is 19.3 Å². The lowest BCUT2D eigenvalue weighted by molar-refractivity contribution is 0.325. The number of thioether (sulfide) groups is 1. The lowest BCUT2D eigenvalue weighted by Gasteiger charge is -2.25. The van der Waals surface area contributed by atoms with Crippen molar-refractivity contribution >= 4 is 11.8 Å². The highest BCUT2D eigenvalue weighted by molar-refractivity contribution is 8.02. The van der Waals surface area contributed by atoms with E-state index in [4.69, 9.17) is 5.73 Å². The molecule has 3 heteroatoms. The van der Waals surface area contributed by atoms with Gasteiger partial charge in [0.1, 0.15) is 0 Å². The maximum Gasteiger partial charge on any atom is 0.0811 e. The van der Waals surface area contributed by atoms with Crippen LogP contribution in [0, 0.1) is 11.8 Å². The highest BCUT2D eigenvalue weighted by Gasteiger charge is 2.36. The summed E-state index contributed by atoms with van der Waals surface area (Å²) in [5.41, 5.74) is 6.03. The van der Waals surface area contributed by atoms with E-state index in [2.05, 4.69) is 30.5 Å². The van der Waals surface area contributed by atoms with Gasteiger partial charge in [-0.05, 0) is 30.1 Å². The maximum atomic E-state index is 6.03. The van der Waals surface area contributed by atoms with Gasteiger partial charge in [0.25, 0.3) is 0 Å². The molecule has 0 aromatic rings. The smallest absolute Gasteiger partial charge is 0.0811 e. The Bertz CT molecular complexity index is 207. The van der Waals surface area contributed by atoms with Crippen molar-refractivity contribution in [3.8, 4) is 0 Å². The molecule has 0 amide bonds. The Morgan fingerprint density at radius 1 is 1.46 bits per heavy atom. The van der Waals surface area contributed by atoms with E-state index in [-0.39, 0.29) is 0 Å². The van der Waals surface area contributed by atoms with Crippen LogP contribution in [0.25, 0.3) is 0 Å². The van der Waals surface area contributed by atoms with Crippen LogP contribution in [0.3, 0.4) is 0 Å². The Morgan fingerprint density at radius 2 is 2.23 bits per heavy atom. The van der Waals surface area contributed by atoms with Gasteiger partial charge in [-0.3, -0.25) is 0 Å². The average molecular weight is 198 g/mol. The zero-order valence-corrected chi connectivity index (χ0v) is 9.13. The molecule has 4 atom stereocenters. The van der Waals surface area contributed by atoms with Crippen LogP contribution < -0.4 is 5.73 Å². The van der Waals surface area contributed by atoms with Crippen LogP contribution in [0.1, 0.15) is 19.8 Å². The third kappa shape index (κ3) is 1.72. The number of hydrogen-bond acceptors (Lipinski definition) is 3. The fourth-order valence-electron chi connectivity index (χ4n) is 2.40. The van der Waals surface area contributed by atoms with Gasteiger partial charge in [-0.2, -0.15) is 0 Å². The van der Waals surface area contributed by atoms with Crippen LogP contribution in [0.5, 0.6) is 0 Å². The molecule has 2 rings (SSSR count). The summed E-state index contributed by atoms with van der Waals surface area (Å²) in [5, 5.41) is 2.84. The second-order valence-corrected chi connectivity index (χ2v) is 5.38. The molecule has 1 fully saturated rings. The first-order valence-corrected chi connectivity index (χ1v) is 5.92. The molecule has 0 spiro atoms. The molecule has 0 bridgehead atoms. The van der Waals surface area contributed by atoms with Gasteiger partial charge >= 0.3 is 0 Å². The van der Waals surface area contributed by atoms with E-state index in [1.54, 1.807) is 0 Å². The first kappa shape index (κ1) is 9.41. The van der Waals surface area contributed by atoms with Gasteiger partial charge in [-0.25, -0.2) is 0 Å². The van der Waals surface area contributed by atoms with Crippen molar-refractivity contribution < 1.29 is 0 Å². The molecule has 2 N–H and O–H groups in total. The largest absolute Gasteiger partial charge is 0.367 e. The van der Waals surface area contributed by atoms with Crippen LogP contribution in [-0.2, 0) is 0 Å². The van der Waals surface area contributed by atoms with E-state index >= 15 is 0 Å². The number of nitrogens with two attached hydrogens (primary N) is 1. The first-order chi connectivity index (χ1) is 6.18. The molecule has 1 aliphatic carbocycles. The van der Waals surface area contributed by atoms with Crippen LogP contribution >= 0.6 is 11.8 Å². The quantitative estimate of drug-likeness (QED) is 0.697. The molecule has 4 unspecified atom stereocenters. The molecule has 13 heavy (non-hydrogen) atoms. The monoisotopic (exact) mass is 198 g/mol. The molecular formula is C10H18N2S. The number of nitrogens with zero attached hydrogens (tertiary/aromatic N) is 1. The van der Waals surface area contributed by atoms with Crippen molar-refractivity contribution in [2.24, 2.45) is 17.6 Å². The van der Waals surface area contributed by atoms with Crippen LogP contribution in [0.2, 0.25) is 0 Å². The Morgan fingerprint density at radius 3 is 2.69 bits per heavy atom. The maximum absolute atomic E-state index is 6.03. The fraction of sp³-hybridized carbons (Fsp3) is 0.800. The molecule has 0 aromatic heterocycles. The lowest BCUT2D eigenvalue weighted by Crippen LogP contribution is -2.28. The number of rotatable bonds is 1. The Balaban J connectivity index is 1.96. The zero-order chi connectivity index (χ0) is 9.42. The van der Waals surface area contributed by atoms with E-state index < -0.39 is 0 Å². The Hall–Kier alpha value is -0.150. The van der Waals surface area contributed by atoms with Crippen molar-refractivity contribution in [1.82, 2.24) is 4.90 Å². The Labute approximate surface area is 84.5 Å². The standard InChI is InChI=1S/C10H18N2S/c1-7-5-8(6-9(7)11)10-12(2)3-4-13-10/h3-4,7-10H,5-6,11H2,1-2H3. The second-order valence-electron chi connectivity index (χ2n) is 4.35. The highest BCUT2D eigenvalue weighted by Crippen LogP contribution is 2.40. The molecular weight excluding hydrogens is 180 g/mol. The Kier molecular flexibility index (Phi) is 2.56. The van der Waals surface area contributed by atoms with E-state index in [0.29, 0.717) is 17.3 Å². The molecule has 0 saturated heterocycles. The molecule has 1 heterocycles. The second kappa shape index (κ2) is 3.54. The summed E-state index contributed by atoms with van der Waals surface area (Å²) in [6.07, 6.45) is 4.67. The third-order valence-corrected chi connectivity index (χ3v) is 4.57. The van der Waals surface area contributed by atoms with Gasteiger partial charge in [-0.1, -0.05) is 6.92 Å². The summed E-state index contributed by atoms with van der Waals surface area (Å²) in [5.74, 6) is 1.49. The summed E-state index contributed by atoms with van der Waals surface area (Å²) >= 11 is 1.94. The molecule has 2 nitrogen and oxygen atoms in total. The summed E-state index contributed by atoms with van der Waals surface area (Å²) in [4.78, 5) is 2.32. The van der Waals surface area contributed by atoms with E-state index in [0.717, 1.165) is 5.92 Å². The van der Waals surface area contributed by atoms with Crippen LogP contribution in [0.15, 0.2) is 11.6 Å². The summed E-state index contributed by atoms with van der Waals surface area (Å²) in [7, 11) is 2.16. The normalized spacial score (nSPS) is 44.7. The average Bonchev–Trinajstić information content (AvgIpc) is 2.60. The van der Waals surface area contributed by atoms with Gasteiger partial charge in [0.05, 0.1) is 5.37 Å². The van der Waals surface area contributed by atoms with Crippen molar-refractivity contribution in [3.05, 3.63) is 11.6 Å². The molecule has 1 saturated carbocycles. The van der Waals surface area contributed by atoms with Crippen molar-refractivity contribution in [2.45, 2.75) is 31.2 Å². The summed E-state index contributed by atoms with van der Waals surface area (Å²) in [6, 6.07) is 0.430. The summed E-state index contributed by atoms with van der Waals surface area (Å²) in [6.45, 7) is 2.28. The van der Waals surface area contributed by atoms with Gasteiger partial charge in [-0.15, -0.1) is 11.8 Å². The topological polar surface area (TPSA) is 29.3 Å². The minimum atomic E-state index is 0.430. The lowest BCUT2D eigenvalue weighted by atomic mass is 10.1. The minimum absolute atomic E-state index is 0.430. The van der Waals surface area contributed by atoms with Crippen molar-refractivity contribution in [2.75, 3.05) is 7.05 Å². The molecule has 1 aliphatic heterocycles. The molecule has 0 radical (unpaired) electrons. The van der Waals surface area contributed by atoms with Gasteiger partial charge in [0.15, 0.2) is 0 Å². The summed E-state index contributed by atoms with van der Waals surface area (Å²) < 4.78 is 0. The zero-order valence-electron chi connectivity index (χ0n) is 8.31. The number of hydrogen-bond donors (Lipinski definition) is 1. The molecule has 2 aliphatic rings.